The van der Waals surface area contributed by atoms with E-state index in [2.05, 4.69) is 15.2 Å². The molecule has 1 aliphatic heterocycles. The van der Waals surface area contributed by atoms with Gasteiger partial charge in [-0.2, -0.15) is 5.10 Å². The number of H-pyrrole nitrogens is 1. The highest BCUT2D eigenvalue weighted by Gasteiger charge is 2.27. The highest BCUT2D eigenvalue weighted by molar-refractivity contribution is 7.09. The summed E-state index contributed by atoms with van der Waals surface area (Å²) in [4.78, 5) is 18.8. The van der Waals surface area contributed by atoms with Crippen molar-refractivity contribution in [1.82, 2.24) is 20.1 Å². The summed E-state index contributed by atoms with van der Waals surface area (Å²) in [5.41, 5.74) is 3.52. The van der Waals surface area contributed by atoms with Gasteiger partial charge in [0.15, 0.2) is 0 Å². The van der Waals surface area contributed by atoms with Crippen LogP contribution < -0.4 is 4.74 Å². The van der Waals surface area contributed by atoms with Gasteiger partial charge in [-0.25, -0.2) is 4.98 Å². The summed E-state index contributed by atoms with van der Waals surface area (Å²) in [5, 5.41) is 10.2. The molecule has 0 spiro atoms. The molecule has 0 fully saturated rings. The first-order valence-corrected chi connectivity index (χ1v) is 9.03. The van der Waals surface area contributed by atoms with Gasteiger partial charge >= 0.3 is 0 Å². The van der Waals surface area contributed by atoms with Crippen molar-refractivity contribution in [2.75, 3.05) is 6.54 Å². The smallest absolute Gasteiger partial charge is 0.273 e. The molecule has 3 heterocycles. The molecular formula is C18H18N4O2S. The fourth-order valence-corrected chi connectivity index (χ4v) is 3.53. The molecule has 0 saturated heterocycles. The van der Waals surface area contributed by atoms with E-state index in [1.54, 1.807) is 0 Å². The average Bonchev–Trinajstić information content (AvgIpc) is 3.26. The number of fused-ring (bicyclic) bond motifs is 1. The Labute approximate surface area is 149 Å². The predicted molar refractivity (Wildman–Crippen MR) is 94.7 cm³/mol. The maximum atomic E-state index is 12.6. The third kappa shape index (κ3) is 3.28. The van der Waals surface area contributed by atoms with Gasteiger partial charge in [0.25, 0.3) is 5.91 Å². The van der Waals surface area contributed by atoms with Gasteiger partial charge in [-0.15, -0.1) is 11.3 Å². The highest BCUT2D eigenvalue weighted by atomic mass is 32.1. The summed E-state index contributed by atoms with van der Waals surface area (Å²) in [5.74, 6) is 0.784. The van der Waals surface area contributed by atoms with Crippen molar-refractivity contribution in [3.8, 4) is 5.75 Å². The second kappa shape index (κ2) is 6.68. The van der Waals surface area contributed by atoms with E-state index in [4.69, 9.17) is 4.74 Å². The van der Waals surface area contributed by atoms with Crippen LogP contribution in [0.25, 0.3) is 0 Å². The minimum Gasteiger partial charge on any atom is -0.487 e. The normalized spacial score (nSPS) is 13.6. The van der Waals surface area contributed by atoms with Crippen LogP contribution in [0, 0.1) is 6.92 Å². The Balaban J connectivity index is 1.48. The summed E-state index contributed by atoms with van der Waals surface area (Å²) < 4.78 is 5.80. The number of ether oxygens (including phenoxy) is 1. The van der Waals surface area contributed by atoms with Gasteiger partial charge < -0.3 is 9.64 Å². The number of hydrogen-bond donors (Lipinski definition) is 1. The molecule has 0 unspecified atom stereocenters. The van der Waals surface area contributed by atoms with Crippen LogP contribution in [-0.2, 0) is 19.6 Å². The number of amides is 1. The molecule has 25 heavy (non-hydrogen) atoms. The molecule has 4 rings (SSSR count). The molecular weight excluding hydrogens is 336 g/mol. The summed E-state index contributed by atoms with van der Waals surface area (Å²) in [6.07, 6.45) is 0.766. The van der Waals surface area contributed by atoms with Crippen molar-refractivity contribution in [3.05, 3.63) is 63.4 Å². The van der Waals surface area contributed by atoms with E-state index >= 15 is 0 Å². The van der Waals surface area contributed by atoms with Gasteiger partial charge in [-0.1, -0.05) is 18.2 Å². The number of carbonyl (C=O) groups is 1. The number of para-hydroxylation sites is 1. The largest absolute Gasteiger partial charge is 0.487 e. The zero-order chi connectivity index (χ0) is 17.2. The van der Waals surface area contributed by atoms with Gasteiger partial charge in [-0.05, 0) is 19.1 Å². The third-order valence-corrected chi connectivity index (χ3v) is 5.04. The lowest BCUT2D eigenvalue weighted by Crippen LogP contribution is -2.36. The fraction of sp³-hybridized carbons (Fsp3) is 0.278. The Hall–Kier alpha value is -2.67. The zero-order valence-corrected chi connectivity index (χ0v) is 14.7. The van der Waals surface area contributed by atoms with Crippen LogP contribution in [-0.4, -0.2) is 32.5 Å². The second-order valence-corrected chi connectivity index (χ2v) is 7.02. The standard InChI is InChI=1S/C18H18N4O2S/c1-12-19-17(11-25-12)18(23)22-8-7-15-14(9-22)16(21-20-15)10-24-13-5-3-2-4-6-13/h2-6,11H,7-10H2,1H3,(H,20,21). The van der Waals surface area contributed by atoms with E-state index in [0.29, 0.717) is 25.4 Å². The lowest BCUT2D eigenvalue weighted by atomic mass is 10.1. The molecule has 3 aromatic rings. The van der Waals surface area contributed by atoms with E-state index in [0.717, 1.165) is 34.1 Å². The van der Waals surface area contributed by atoms with Gasteiger partial charge in [0.2, 0.25) is 0 Å². The Morgan fingerprint density at radius 3 is 2.96 bits per heavy atom. The molecule has 0 bridgehead atoms. The highest BCUT2D eigenvalue weighted by Crippen LogP contribution is 2.23. The Morgan fingerprint density at radius 2 is 2.20 bits per heavy atom. The van der Waals surface area contributed by atoms with Crippen molar-refractivity contribution in [3.63, 3.8) is 0 Å². The number of nitrogens with one attached hydrogen (secondary N) is 1. The van der Waals surface area contributed by atoms with Crippen LogP contribution in [0.1, 0.15) is 32.4 Å². The lowest BCUT2D eigenvalue weighted by Gasteiger charge is -2.26. The van der Waals surface area contributed by atoms with Crippen molar-refractivity contribution < 1.29 is 9.53 Å². The Kier molecular flexibility index (Phi) is 4.23. The summed E-state index contributed by atoms with van der Waals surface area (Å²) in [6.45, 7) is 3.50. The van der Waals surface area contributed by atoms with Crippen molar-refractivity contribution in [2.45, 2.75) is 26.5 Å². The fourth-order valence-electron chi connectivity index (χ4n) is 2.94. The number of carbonyl (C=O) groups excluding carboxylic acids is 1. The first-order valence-electron chi connectivity index (χ1n) is 8.15. The number of aromatic amines is 1. The maximum Gasteiger partial charge on any atom is 0.273 e. The minimum atomic E-state index is -0.0221. The molecule has 0 atom stereocenters. The Morgan fingerprint density at radius 1 is 1.36 bits per heavy atom. The monoisotopic (exact) mass is 354 g/mol. The van der Waals surface area contributed by atoms with Crippen LogP contribution in [0.4, 0.5) is 0 Å². The molecule has 0 radical (unpaired) electrons. The Bertz CT molecular complexity index is 888. The summed E-state index contributed by atoms with van der Waals surface area (Å²) in [6, 6.07) is 9.66. The number of thiazole rings is 1. The van der Waals surface area contributed by atoms with E-state index in [1.807, 2.05) is 47.5 Å². The van der Waals surface area contributed by atoms with Crippen LogP contribution in [0.5, 0.6) is 5.75 Å². The first kappa shape index (κ1) is 15.8. The van der Waals surface area contributed by atoms with E-state index < -0.39 is 0 Å². The van der Waals surface area contributed by atoms with Crippen LogP contribution in [0.3, 0.4) is 0 Å². The number of hydrogen-bond acceptors (Lipinski definition) is 5. The zero-order valence-electron chi connectivity index (χ0n) is 13.9. The van der Waals surface area contributed by atoms with Gasteiger partial charge in [-0.3, -0.25) is 9.89 Å². The van der Waals surface area contributed by atoms with Crippen LogP contribution >= 0.6 is 11.3 Å². The quantitative estimate of drug-likeness (QED) is 0.782. The number of aromatic nitrogens is 3. The topological polar surface area (TPSA) is 71.1 Å². The number of aryl methyl sites for hydroxylation is 1. The number of benzene rings is 1. The molecule has 2 aromatic heterocycles. The molecule has 1 amide bonds. The van der Waals surface area contributed by atoms with Gasteiger partial charge in [0.1, 0.15) is 23.7 Å². The van der Waals surface area contributed by atoms with E-state index in [9.17, 15) is 4.79 Å². The summed E-state index contributed by atoms with van der Waals surface area (Å²) in [7, 11) is 0. The molecule has 6 nitrogen and oxygen atoms in total. The number of nitrogens with zero attached hydrogens (tertiary/aromatic N) is 3. The SMILES string of the molecule is Cc1nc(C(=O)N2CCc3[nH]nc(COc4ccccc4)c3C2)cs1. The summed E-state index contributed by atoms with van der Waals surface area (Å²) >= 11 is 1.50. The maximum absolute atomic E-state index is 12.6. The molecule has 1 N–H and O–H groups in total. The molecule has 1 aliphatic rings. The van der Waals surface area contributed by atoms with Crippen molar-refractivity contribution >= 4 is 17.2 Å². The lowest BCUT2D eigenvalue weighted by molar-refractivity contribution is 0.0728. The first-order chi connectivity index (χ1) is 12.2. The molecule has 0 aliphatic carbocycles. The average molecular weight is 354 g/mol. The molecule has 0 saturated carbocycles. The van der Waals surface area contributed by atoms with E-state index in [1.165, 1.54) is 11.3 Å². The molecule has 7 heteroatoms. The number of rotatable bonds is 4. The van der Waals surface area contributed by atoms with E-state index in [-0.39, 0.29) is 5.91 Å². The second-order valence-electron chi connectivity index (χ2n) is 5.96. The van der Waals surface area contributed by atoms with Gasteiger partial charge in [0, 0.05) is 36.1 Å². The molecule has 128 valence electrons. The van der Waals surface area contributed by atoms with Gasteiger partial charge in [0.05, 0.1) is 5.01 Å². The molecule has 1 aromatic carbocycles. The van der Waals surface area contributed by atoms with Crippen LogP contribution in [0.2, 0.25) is 0 Å². The predicted octanol–water partition coefficient (Wildman–Crippen LogP) is 2.95. The minimum absolute atomic E-state index is 0.0221. The van der Waals surface area contributed by atoms with Crippen LogP contribution in [0.15, 0.2) is 35.7 Å². The van der Waals surface area contributed by atoms with Crippen molar-refractivity contribution in [1.29, 1.82) is 0 Å². The third-order valence-electron chi connectivity index (χ3n) is 4.26. The van der Waals surface area contributed by atoms with Crippen molar-refractivity contribution in [2.24, 2.45) is 0 Å².